The molecule has 0 aliphatic carbocycles. The monoisotopic (exact) mass is 174 g/mol. The molecular formula is C10H7FN2. The summed E-state index contributed by atoms with van der Waals surface area (Å²) in [6.07, 6.45) is 5.15. The van der Waals surface area contributed by atoms with Gasteiger partial charge in [0.05, 0.1) is 11.0 Å². The van der Waals surface area contributed by atoms with Gasteiger partial charge in [0.2, 0.25) is 0 Å². The molecule has 0 radical (unpaired) electrons. The average molecular weight is 174 g/mol. The minimum atomic E-state index is -0.250. The molecule has 64 valence electrons. The standard InChI is InChI=1S/C10H7FN2/c1-3-10-12-8-4-6(2)7(11)5-9(8)13-10/h1,4-5H,2H3,(H,12,13). The van der Waals surface area contributed by atoms with Crippen LogP contribution in [0.3, 0.4) is 0 Å². The summed E-state index contributed by atoms with van der Waals surface area (Å²) in [4.78, 5) is 6.90. The zero-order chi connectivity index (χ0) is 9.42. The quantitative estimate of drug-likeness (QED) is 0.608. The Morgan fingerprint density at radius 1 is 1.54 bits per heavy atom. The average Bonchev–Trinajstić information content (AvgIpc) is 2.48. The maximum atomic E-state index is 13.1. The van der Waals surface area contributed by atoms with Crippen LogP contribution in [0.5, 0.6) is 0 Å². The van der Waals surface area contributed by atoms with Crippen LogP contribution in [0, 0.1) is 25.1 Å². The van der Waals surface area contributed by atoms with Crippen LogP contribution >= 0.6 is 0 Å². The highest BCUT2D eigenvalue weighted by atomic mass is 19.1. The number of imidazole rings is 1. The lowest BCUT2D eigenvalue weighted by molar-refractivity contribution is 0.620. The van der Waals surface area contributed by atoms with E-state index in [2.05, 4.69) is 15.9 Å². The van der Waals surface area contributed by atoms with E-state index in [1.807, 2.05) is 0 Å². The van der Waals surface area contributed by atoms with Gasteiger partial charge in [0.1, 0.15) is 5.82 Å². The maximum Gasteiger partial charge on any atom is 0.183 e. The molecule has 0 amide bonds. The summed E-state index contributed by atoms with van der Waals surface area (Å²) in [6, 6.07) is 3.07. The van der Waals surface area contributed by atoms with Crippen molar-refractivity contribution in [2.24, 2.45) is 0 Å². The predicted molar refractivity (Wildman–Crippen MR) is 48.7 cm³/mol. The number of terminal acetylenes is 1. The molecule has 1 aromatic heterocycles. The lowest BCUT2D eigenvalue weighted by Gasteiger charge is -1.93. The van der Waals surface area contributed by atoms with Crippen molar-refractivity contribution >= 4 is 11.0 Å². The van der Waals surface area contributed by atoms with E-state index >= 15 is 0 Å². The molecule has 0 fully saturated rings. The first kappa shape index (κ1) is 7.81. The number of benzene rings is 1. The Morgan fingerprint density at radius 3 is 3.00 bits per heavy atom. The molecule has 2 rings (SSSR count). The van der Waals surface area contributed by atoms with Crippen molar-refractivity contribution in [3.05, 3.63) is 29.3 Å². The van der Waals surface area contributed by atoms with Gasteiger partial charge in [-0.25, -0.2) is 9.37 Å². The summed E-state index contributed by atoms with van der Waals surface area (Å²) < 4.78 is 13.1. The van der Waals surface area contributed by atoms with Gasteiger partial charge in [0.25, 0.3) is 0 Å². The zero-order valence-electron chi connectivity index (χ0n) is 7.06. The predicted octanol–water partition coefficient (Wildman–Crippen LogP) is 1.99. The molecule has 3 heteroatoms. The molecule has 2 nitrogen and oxygen atoms in total. The van der Waals surface area contributed by atoms with E-state index < -0.39 is 0 Å². The van der Waals surface area contributed by atoms with Gasteiger partial charge >= 0.3 is 0 Å². The third-order valence-corrected chi connectivity index (χ3v) is 1.90. The van der Waals surface area contributed by atoms with Crippen molar-refractivity contribution in [2.75, 3.05) is 0 Å². The molecular weight excluding hydrogens is 167 g/mol. The molecule has 0 aliphatic heterocycles. The molecule has 0 spiro atoms. The lowest BCUT2D eigenvalue weighted by Crippen LogP contribution is -1.81. The van der Waals surface area contributed by atoms with E-state index in [0.29, 0.717) is 22.4 Å². The van der Waals surface area contributed by atoms with E-state index in [1.54, 1.807) is 13.0 Å². The Labute approximate surface area is 74.8 Å². The summed E-state index contributed by atoms with van der Waals surface area (Å²) in [5.41, 5.74) is 1.91. The maximum absolute atomic E-state index is 13.1. The van der Waals surface area contributed by atoms with Crippen molar-refractivity contribution in [2.45, 2.75) is 6.92 Å². The summed E-state index contributed by atoms with van der Waals surface area (Å²) in [7, 11) is 0. The number of hydrogen-bond donors (Lipinski definition) is 1. The fourth-order valence-corrected chi connectivity index (χ4v) is 1.20. The Balaban J connectivity index is 2.79. The van der Waals surface area contributed by atoms with Crippen LogP contribution in [0.15, 0.2) is 12.1 Å². The first-order valence-electron chi connectivity index (χ1n) is 3.83. The number of halogens is 1. The fourth-order valence-electron chi connectivity index (χ4n) is 1.20. The number of aromatic amines is 1. The molecule has 1 aromatic carbocycles. The molecule has 0 atom stereocenters. The second-order valence-electron chi connectivity index (χ2n) is 2.85. The van der Waals surface area contributed by atoms with Crippen LogP contribution in [-0.4, -0.2) is 9.97 Å². The topological polar surface area (TPSA) is 28.7 Å². The minimum Gasteiger partial charge on any atom is -0.331 e. The molecule has 2 aromatic rings. The number of H-pyrrole nitrogens is 1. The van der Waals surface area contributed by atoms with Crippen LogP contribution in [0.2, 0.25) is 0 Å². The molecule has 13 heavy (non-hydrogen) atoms. The molecule has 0 saturated heterocycles. The van der Waals surface area contributed by atoms with Crippen molar-refractivity contribution in [1.82, 2.24) is 9.97 Å². The van der Waals surface area contributed by atoms with E-state index in [0.717, 1.165) is 0 Å². The highest BCUT2D eigenvalue weighted by Gasteiger charge is 2.04. The molecule has 1 heterocycles. The second kappa shape index (κ2) is 2.60. The Morgan fingerprint density at radius 2 is 2.31 bits per heavy atom. The summed E-state index contributed by atoms with van der Waals surface area (Å²) in [6.45, 7) is 1.69. The Bertz CT molecular complexity index is 466. The normalized spacial score (nSPS) is 10.2. The number of nitrogens with zero attached hydrogens (tertiary/aromatic N) is 1. The number of aromatic nitrogens is 2. The number of aryl methyl sites for hydroxylation is 1. The van der Waals surface area contributed by atoms with Crippen molar-refractivity contribution < 1.29 is 4.39 Å². The fraction of sp³-hybridized carbons (Fsp3) is 0.100. The van der Waals surface area contributed by atoms with Crippen LogP contribution in [0.1, 0.15) is 11.4 Å². The van der Waals surface area contributed by atoms with Crippen LogP contribution in [0.4, 0.5) is 4.39 Å². The van der Waals surface area contributed by atoms with Crippen molar-refractivity contribution in [3.8, 4) is 12.3 Å². The summed E-state index contributed by atoms with van der Waals surface area (Å²) >= 11 is 0. The van der Waals surface area contributed by atoms with Gasteiger partial charge < -0.3 is 4.98 Å². The largest absolute Gasteiger partial charge is 0.331 e. The van der Waals surface area contributed by atoms with Gasteiger partial charge in [-0.3, -0.25) is 0 Å². The lowest BCUT2D eigenvalue weighted by atomic mass is 10.2. The van der Waals surface area contributed by atoms with Gasteiger partial charge in [-0.2, -0.15) is 0 Å². The molecule has 0 aliphatic rings. The SMILES string of the molecule is C#Cc1nc2cc(C)c(F)cc2[nH]1. The first-order chi connectivity index (χ1) is 6.20. The van der Waals surface area contributed by atoms with E-state index in [-0.39, 0.29) is 5.82 Å². The third-order valence-electron chi connectivity index (χ3n) is 1.90. The van der Waals surface area contributed by atoms with Gasteiger partial charge in [-0.05, 0) is 30.5 Å². The minimum absolute atomic E-state index is 0.250. The van der Waals surface area contributed by atoms with Crippen molar-refractivity contribution in [3.63, 3.8) is 0 Å². The van der Waals surface area contributed by atoms with Crippen LogP contribution in [0.25, 0.3) is 11.0 Å². The zero-order valence-corrected chi connectivity index (χ0v) is 7.06. The summed E-state index contributed by atoms with van der Waals surface area (Å²) in [5.74, 6) is 2.55. The molecule has 0 unspecified atom stereocenters. The third kappa shape index (κ3) is 1.17. The number of fused-ring (bicyclic) bond motifs is 1. The highest BCUT2D eigenvalue weighted by Crippen LogP contribution is 2.16. The highest BCUT2D eigenvalue weighted by molar-refractivity contribution is 5.76. The molecule has 0 bridgehead atoms. The van der Waals surface area contributed by atoms with Crippen molar-refractivity contribution in [1.29, 1.82) is 0 Å². The van der Waals surface area contributed by atoms with Crippen LogP contribution in [-0.2, 0) is 0 Å². The van der Waals surface area contributed by atoms with Gasteiger partial charge in [0, 0.05) is 0 Å². The number of hydrogen-bond acceptors (Lipinski definition) is 1. The Hall–Kier alpha value is -1.82. The van der Waals surface area contributed by atoms with E-state index in [4.69, 9.17) is 6.42 Å². The van der Waals surface area contributed by atoms with Crippen LogP contribution < -0.4 is 0 Å². The Kier molecular flexibility index (Phi) is 1.56. The number of rotatable bonds is 0. The van der Waals surface area contributed by atoms with Gasteiger partial charge in [0.15, 0.2) is 5.82 Å². The van der Waals surface area contributed by atoms with E-state index in [9.17, 15) is 4.39 Å². The summed E-state index contributed by atoms with van der Waals surface area (Å²) in [5, 5.41) is 0. The van der Waals surface area contributed by atoms with Gasteiger partial charge in [-0.15, -0.1) is 6.42 Å². The smallest absolute Gasteiger partial charge is 0.183 e. The van der Waals surface area contributed by atoms with E-state index in [1.165, 1.54) is 6.07 Å². The second-order valence-corrected chi connectivity index (χ2v) is 2.85. The molecule has 0 saturated carbocycles. The number of nitrogens with one attached hydrogen (secondary N) is 1. The first-order valence-corrected chi connectivity index (χ1v) is 3.83. The molecule has 1 N–H and O–H groups in total. The van der Waals surface area contributed by atoms with Gasteiger partial charge in [-0.1, -0.05) is 0 Å².